The molecule has 1 aliphatic rings. The first-order valence-electron chi connectivity index (χ1n) is 11.5. The molecule has 35 heavy (non-hydrogen) atoms. The quantitative estimate of drug-likeness (QED) is 0.322. The molecule has 10 heteroatoms. The molecule has 3 N–H and O–H groups in total. The van der Waals surface area contributed by atoms with Gasteiger partial charge in [-0.05, 0) is 25.1 Å². The van der Waals surface area contributed by atoms with Gasteiger partial charge in [-0.1, -0.05) is 12.1 Å². The van der Waals surface area contributed by atoms with Gasteiger partial charge in [0.05, 0.1) is 36.3 Å². The number of aromatic nitrogens is 5. The molecular weight excluding hydrogens is 446 g/mol. The Morgan fingerprint density at radius 3 is 2.91 bits per heavy atom. The zero-order valence-corrected chi connectivity index (χ0v) is 19.2. The van der Waals surface area contributed by atoms with Gasteiger partial charge in [0.25, 0.3) is 0 Å². The highest BCUT2D eigenvalue weighted by Crippen LogP contribution is 2.34. The number of anilines is 3. The highest BCUT2D eigenvalue weighted by Gasteiger charge is 2.18. The lowest BCUT2D eigenvalue weighted by atomic mass is 10.1. The first-order chi connectivity index (χ1) is 17.1. The molecule has 0 radical (unpaired) electrons. The Kier molecular flexibility index (Phi) is 5.44. The number of imidazole rings is 1. The van der Waals surface area contributed by atoms with Crippen molar-refractivity contribution in [2.24, 2.45) is 0 Å². The lowest BCUT2D eigenvalue weighted by Gasteiger charge is -2.30. The predicted octanol–water partition coefficient (Wildman–Crippen LogP) is 3.57. The SMILES string of the molecule is CC(O)Oc1cc(Nc2nc(-c3ccc4cn[nH]c4c3)cn3ccnc23)ccc1N1CCOCC1. The van der Waals surface area contributed by atoms with E-state index in [-0.39, 0.29) is 0 Å². The van der Waals surface area contributed by atoms with Crippen LogP contribution in [-0.2, 0) is 4.74 Å². The summed E-state index contributed by atoms with van der Waals surface area (Å²) >= 11 is 0. The minimum atomic E-state index is -0.942. The molecule has 0 spiro atoms. The van der Waals surface area contributed by atoms with Crippen molar-refractivity contribution in [3.05, 3.63) is 61.2 Å². The molecule has 0 saturated carbocycles. The molecule has 5 aromatic rings. The summed E-state index contributed by atoms with van der Waals surface area (Å²) in [5.74, 6) is 1.20. The molecule has 10 nitrogen and oxygen atoms in total. The average Bonchev–Trinajstić information content (AvgIpc) is 3.53. The van der Waals surface area contributed by atoms with Crippen molar-refractivity contribution in [3.63, 3.8) is 0 Å². The Morgan fingerprint density at radius 2 is 2.06 bits per heavy atom. The van der Waals surface area contributed by atoms with Crippen molar-refractivity contribution in [2.45, 2.75) is 13.2 Å². The van der Waals surface area contributed by atoms with Crippen molar-refractivity contribution in [2.75, 3.05) is 36.5 Å². The third-order valence-corrected chi connectivity index (χ3v) is 5.98. The number of rotatable bonds is 6. The number of aromatic amines is 1. The highest BCUT2D eigenvalue weighted by molar-refractivity contribution is 5.84. The van der Waals surface area contributed by atoms with Crippen LogP contribution in [0.1, 0.15) is 6.92 Å². The molecule has 2 aromatic carbocycles. The van der Waals surface area contributed by atoms with Crippen molar-refractivity contribution in [3.8, 4) is 17.0 Å². The van der Waals surface area contributed by atoms with Crippen LogP contribution in [0.4, 0.5) is 17.2 Å². The van der Waals surface area contributed by atoms with Gasteiger partial charge in [-0.2, -0.15) is 5.10 Å². The summed E-state index contributed by atoms with van der Waals surface area (Å²) in [6.07, 6.45) is 6.45. The second-order valence-electron chi connectivity index (χ2n) is 8.43. The zero-order chi connectivity index (χ0) is 23.8. The van der Waals surface area contributed by atoms with Gasteiger partial charge < -0.3 is 29.2 Å². The van der Waals surface area contributed by atoms with Crippen molar-refractivity contribution < 1.29 is 14.6 Å². The second-order valence-corrected chi connectivity index (χ2v) is 8.43. The Labute approximate surface area is 201 Å². The van der Waals surface area contributed by atoms with E-state index in [9.17, 15) is 5.11 Å². The van der Waals surface area contributed by atoms with E-state index in [1.54, 1.807) is 19.3 Å². The van der Waals surface area contributed by atoms with Crippen LogP contribution in [0, 0.1) is 0 Å². The van der Waals surface area contributed by atoms with Crippen LogP contribution in [0.3, 0.4) is 0 Å². The highest BCUT2D eigenvalue weighted by atomic mass is 16.6. The van der Waals surface area contributed by atoms with Gasteiger partial charge in [0.1, 0.15) is 5.75 Å². The van der Waals surface area contributed by atoms with E-state index in [2.05, 4.69) is 25.4 Å². The number of morpholine rings is 1. The summed E-state index contributed by atoms with van der Waals surface area (Å²) in [6, 6.07) is 11.9. The average molecular weight is 472 g/mol. The summed E-state index contributed by atoms with van der Waals surface area (Å²) in [6.45, 7) is 4.45. The monoisotopic (exact) mass is 471 g/mol. The molecule has 0 aliphatic carbocycles. The van der Waals surface area contributed by atoms with E-state index in [1.165, 1.54) is 0 Å². The van der Waals surface area contributed by atoms with Gasteiger partial charge in [0.2, 0.25) is 0 Å². The second kappa shape index (κ2) is 8.90. The first kappa shape index (κ1) is 21.4. The molecule has 1 fully saturated rings. The Morgan fingerprint density at radius 1 is 1.17 bits per heavy atom. The van der Waals surface area contributed by atoms with Crippen LogP contribution in [0.5, 0.6) is 5.75 Å². The van der Waals surface area contributed by atoms with Gasteiger partial charge in [-0.15, -0.1) is 0 Å². The number of hydrogen-bond donors (Lipinski definition) is 3. The maximum absolute atomic E-state index is 9.93. The van der Waals surface area contributed by atoms with Gasteiger partial charge in [0.15, 0.2) is 17.8 Å². The summed E-state index contributed by atoms with van der Waals surface area (Å²) < 4.78 is 13.2. The number of nitrogens with zero attached hydrogens (tertiary/aromatic N) is 5. The van der Waals surface area contributed by atoms with Crippen LogP contribution in [-0.4, -0.2) is 62.3 Å². The minimum Gasteiger partial charge on any atom is -0.463 e. The number of aliphatic hydroxyl groups is 1. The molecule has 1 saturated heterocycles. The van der Waals surface area contributed by atoms with Crippen LogP contribution in [0.25, 0.3) is 27.8 Å². The standard InChI is InChI=1S/C25H25N7O3/c1-16(33)35-23-13-19(4-5-22(23)31-8-10-34-11-9-31)28-24-25-26-6-7-32(25)15-21(29-24)17-2-3-18-14-27-30-20(18)12-17/h2-7,12-16,33H,8-11H2,1H3,(H,27,30)(H,28,29). The number of nitrogens with one attached hydrogen (secondary N) is 2. The molecular formula is C25H25N7O3. The summed E-state index contributed by atoms with van der Waals surface area (Å²) in [4.78, 5) is 11.6. The molecule has 0 bridgehead atoms. The summed E-state index contributed by atoms with van der Waals surface area (Å²) in [7, 11) is 0. The van der Waals surface area contributed by atoms with Crippen LogP contribution >= 0.6 is 0 Å². The Bertz CT molecular complexity index is 1490. The maximum Gasteiger partial charge on any atom is 0.194 e. The molecule has 178 valence electrons. The van der Waals surface area contributed by atoms with Crippen LogP contribution in [0.2, 0.25) is 0 Å². The number of H-pyrrole nitrogens is 1. The van der Waals surface area contributed by atoms with E-state index in [0.717, 1.165) is 46.6 Å². The fourth-order valence-corrected chi connectivity index (χ4v) is 4.32. The van der Waals surface area contributed by atoms with E-state index < -0.39 is 6.29 Å². The number of fused-ring (bicyclic) bond motifs is 2. The third kappa shape index (κ3) is 4.25. The third-order valence-electron chi connectivity index (χ3n) is 5.98. The topological polar surface area (TPSA) is 113 Å². The van der Waals surface area contributed by atoms with E-state index >= 15 is 0 Å². The van der Waals surface area contributed by atoms with E-state index in [1.807, 2.05) is 53.2 Å². The smallest absolute Gasteiger partial charge is 0.194 e. The first-order valence-corrected chi connectivity index (χ1v) is 11.5. The molecule has 1 aliphatic heterocycles. The normalized spacial score (nSPS) is 15.0. The number of ether oxygens (including phenoxy) is 2. The van der Waals surface area contributed by atoms with Gasteiger partial charge >= 0.3 is 0 Å². The summed E-state index contributed by atoms with van der Waals surface area (Å²) in [5, 5.41) is 21.5. The molecule has 1 atom stereocenters. The largest absolute Gasteiger partial charge is 0.463 e. The lowest BCUT2D eigenvalue weighted by molar-refractivity contribution is -0.0000650. The molecule has 4 heterocycles. The van der Waals surface area contributed by atoms with E-state index in [0.29, 0.717) is 30.4 Å². The van der Waals surface area contributed by atoms with Crippen LogP contribution in [0.15, 0.2) is 61.2 Å². The summed E-state index contributed by atoms with van der Waals surface area (Å²) in [5.41, 5.74) is 5.09. The number of hydrogen-bond acceptors (Lipinski definition) is 8. The van der Waals surface area contributed by atoms with E-state index in [4.69, 9.17) is 14.5 Å². The Balaban J connectivity index is 1.37. The van der Waals surface area contributed by atoms with Gasteiger partial charge in [-0.3, -0.25) is 5.10 Å². The molecule has 3 aromatic heterocycles. The molecule has 1 unspecified atom stereocenters. The number of aliphatic hydroxyl groups excluding tert-OH is 1. The van der Waals surface area contributed by atoms with Crippen molar-refractivity contribution in [1.29, 1.82) is 0 Å². The fraction of sp³-hybridized carbons (Fsp3) is 0.240. The van der Waals surface area contributed by atoms with Gasteiger partial charge in [-0.25, -0.2) is 9.97 Å². The maximum atomic E-state index is 9.93. The van der Waals surface area contributed by atoms with Crippen molar-refractivity contribution >= 4 is 33.7 Å². The molecule has 0 amide bonds. The number of benzene rings is 2. The van der Waals surface area contributed by atoms with Crippen molar-refractivity contribution in [1.82, 2.24) is 24.6 Å². The zero-order valence-electron chi connectivity index (χ0n) is 19.2. The lowest BCUT2D eigenvalue weighted by Crippen LogP contribution is -2.36. The predicted molar refractivity (Wildman–Crippen MR) is 133 cm³/mol. The van der Waals surface area contributed by atoms with Gasteiger partial charge in [0, 0.05) is 54.4 Å². The van der Waals surface area contributed by atoms with Crippen LogP contribution < -0.4 is 15.0 Å². The fourth-order valence-electron chi connectivity index (χ4n) is 4.32. The Hall–Kier alpha value is -4.15. The minimum absolute atomic E-state index is 0.590. The molecule has 6 rings (SSSR count).